The Labute approximate surface area is 147 Å². The Kier molecular flexibility index (Phi) is 4.17. The average molecular weight is 339 g/mol. The lowest BCUT2D eigenvalue weighted by molar-refractivity contribution is 0.317. The number of nitrogen functional groups attached to an aromatic ring is 1. The molecule has 3 N–H and O–H groups in total. The topological polar surface area (TPSA) is 86.1 Å². The smallest absolute Gasteiger partial charge is 0.165 e. The molecule has 3 aromatic rings. The van der Waals surface area contributed by atoms with Crippen LogP contribution in [0.2, 0.25) is 0 Å². The Morgan fingerprint density at radius 2 is 2.00 bits per heavy atom. The van der Waals surface area contributed by atoms with Crippen LogP contribution < -0.4 is 11.1 Å². The number of hydrogen-bond donors (Lipinski definition) is 2. The molecule has 1 saturated carbocycles. The Morgan fingerprint density at radius 1 is 1.20 bits per heavy atom. The van der Waals surface area contributed by atoms with Crippen molar-refractivity contribution in [3.63, 3.8) is 0 Å². The summed E-state index contributed by atoms with van der Waals surface area (Å²) in [5, 5.41) is 12.0. The standard InChI is InChI=1S/C18H25N7/c1-20-8-12-3-5-13(6-4-12)16-7-17(19)25-18(23-16)15(10-22-25)14-9-21-24(2)11-14/h7,9-13,20H,3-6,8,19H2,1-2H3. The predicted molar refractivity (Wildman–Crippen MR) is 98.2 cm³/mol. The van der Waals surface area contributed by atoms with Crippen molar-refractivity contribution < 1.29 is 0 Å². The van der Waals surface area contributed by atoms with E-state index in [9.17, 15) is 0 Å². The minimum absolute atomic E-state index is 0.483. The molecule has 0 saturated heterocycles. The second-order valence-electron chi connectivity index (χ2n) is 7.08. The highest BCUT2D eigenvalue weighted by Crippen LogP contribution is 2.36. The first-order chi connectivity index (χ1) is 12.2. The van der Waals surface area contributed by atoms with Crippen LogP contribution in [-0.2, 0) is 7.05 Å². The molecule has 7 nitrogen and oxygen atoms in total. The van der Waals surface area contributed by atoms with Gasteiger partial charge in [-0.3, -0.25) is 4.68 Å². The molecule has 25 heavy (non-hydrogen) atoms. The second kappa shape index (κ2) is 6.48. The average Bonchev–Trinajstić information content (AvgIpc) is 3.22. The third-order valence-electron chi connectivity index (χ3n) is 5.29. The molecule has 1 aliphatic rings. The Hall–Kier alpha value is -2.41. The van der Waals surface area contributed by atoms with Crippen molar-refractivity contribution in [3.8, 4) is 11.1 Å². The summed E-state index contributed by atoms with van der Waals surface area (Å²) < 4.78 is 3.51. The number of rotatable bonds is 4. The lowest BCUT2D eigenvalue weighted by Crippen LogP contribution is -2.23. The molecule has 132 valence electrons. The van der Waals surface area contributed by atoms with Gasteiger partial charge in [0.25, 0.3) is 0 Å². The van der Waals surface area contributed by atoms with E-state index in [1.165, 1.54) is 25.7 Å². The molecule has 1 fully saturated rings. The summed E-state index contributed by atoms with van der Waals surface area (Å²) in [5.74, 6) is 1.91. The fraction of sp³-hybridized carbons (Fsp3) is 0.500. The highest BCUT2D eigenvalue weighted by molar-refractivity contribution is 5.77. The molecular formula is C18H25N7. The molecule has 0 spiro atoms. The van der Waals surface area contributed by atoms with Crippen molar-refractivity contribution in [1.82, 2.24) is 29.7 Å². The lowest BCUT2D eigenvalue weighted by Gasteiger charge is -2.28. The van der Waals surface area contributed by atoms with Gasteiger partial charge in [-0.05, 0) is 45.2 Å². The molecule has 0 bridgehead atoms. The van der Waals surface area contributed by atoms with Crippen LogP contribution in [-0.4, -0.2) is 38.0 Å². The van der Waals surface area contributed by atoms with Crippen LogP contribution in [0.1, 0.15) is 37.3 Å². The number of nitrogens with zero attached hydrogens (tertiary/aromatic N) is 5. The molecule has 7 heteroatoms. The number of aryl methyl sites for hydroxylation is 1. The maximum absolute atomic E-state index is 6.26. The zero-order valence-corrected chi connectivity index (χ0v) is 14.8. The molecule has 4 rings (SSSR count). The Morgan fingerprint density at radius 3 is 2.68 bits per heavy atom. The SMILES string of the molecule is CNCC1CCC(c2cc(N)n3ncc(-c4cnn(C)c4)c3n2)CC1. The molecule has 3 aromatic heterocycles. The third-order valence-corrected chi connectivity index (χ3v) is 5.29. The van der Waals surface area contributed by atoms with Crippen molar-refractivity contribution in [1.29, 1.82) is 0 Å². The summed E-state index contributed by atoms with van der Waals surface area (Å²) in [4.78, 5) is 4.94. The Bertz CT molecular complexity index is 871. The largest absolute Gasteiger partial charge is 0.384 e. The molecule has 0 unspecified atom stereocenters. The summed E-state index contributed by atoms with van der Waals surface area (Å²) in [7, 11) is 3.94. The first-order valence-corrected chi connectivity index (χ1v) is 8.93. The number of nitrogens with one attached hydrogen (secondary N) is 1. The first-order valence-electron chi connectivity index (χ1n) is 8.93. The van der Waals surface area contributed by atoms with E-state index in [1.807, 2.05) is 38.8 Å². The van der Waals surface area contributed by atoms with Crippen LogP contribution in [0, 0.1) is 5.92 Å². The van der Waals surface area contributed by atoms with E-state index in [0.717, 1.165) is 34.9 Å². The summed E-state index contributed by atoms with van der Waals surface area (Å²) >= 11 is 0. The van der Waals surface area contributed by atoms with Crippen LogP contribution in [0.15, 0.2) is 24.7 Å². The number of nitrogens with two attached hydrogens (primary N) is 1. The second-order valence-corrected chi connectivity index (χ2v) is 7.08. The minimum Gasteiger partial charge on any atom is -0.384 e. The molecule has 0 aliphatic heterocycles. The zero-order valence-electron chi connectivity index (χ0n) is 14.8. The number of anilines is 1. The van der Waals surface area contributed by atoms with Crippen LogP contribution in [0.4, 0.5) is 5.82 Å². The number of aromatic nitrogens is 5. The van der Waals surface area contributed by atoms with Crippen LogP contribution in [0.25, 0.3) is 16.8 Å². The van der Waals surface area contributed by atoms with Crippen molar-refractivity contribution in [2.24, 2.45) is 13.0 Å². The van der Waals surface area contributed by atoms with E-state index in [0.29, 0.717) is 11.7 Å². The predicted octanol–water partition coefficient (Wildman–Crippen LogP) is 2.21. The highest BCUT2D eigenvalue weighted by atomic mass is 15.3. The van der Waals surface area contributed by atoms with Gasteiger partial charge in [0.05, 0.1) is 12.4 Å². The fourth-order valence-corrected chi connectivity index (χ4v) is 3.93. The molecule has 0 amide bonds. The van der Waals surface area contributed by atoms with E-state index < -0.39 is 0 Å². The minimum atomic E-state index is 0.483. The van der Waals surface area contributed by atoms with Gasteiger partial charge in [0.2, 0.25) is 0 Å². The van der Waals surface area contributed by atoms with Gasteiger partial charge in [-0.2, -0.15) is 14.7 Å². The fourth-order valence-electron chi connectivity index (χ4n) is 3.93. The summed E-state index contributed by atoms with van der Waals surface area (Å²) in [6, 6.07) is 2.00. The van der Waals surface area contributed by atoms with E-state index >= 15 is 0 Å². The van der Waals surface area contributed by atoms with E-state index in [1.54, 1.807) is 9.20 Å². The lowest BCUT2D eigenvalue weighted by atomic mass is 9.80. The molecule has 0 atom stereocenters. The van der Waals surface area contributed by atoms with Crippen molar-refractivity contribution in [3.05, 3.63) is 30.4 Å². The van der Waals surface area contributed by atoms with E-state index in [-0.39, 0.29) is 0 Å². The van der Waals surface area contributed by atoms with Gasteiger partial charge in [-0.15, -0.1) is 0 Å². The van der Waals surface area contributed by atoms with Crippen LogP contribution >= 0.6 is 0 Å². The summed E-state index contributed by atoms with van der Waals surface area (Å²) in [6.45, 7) is 1.11. The Balaban J connectivity index is 1.67. The number of fused-ring (bicyclic) bond motifs is 1. The van der Waals surface area contributed by atoms with Gasteiger partial charge < -0.3 is 11.1 Å². The highest BCUT2D eigenvalue weighted by Gasteiger charge is 2.24. The van der Waals surface area contributed by atoms with Crippen LogP contribution in [0.5, 0.6) is 0 Å². The summed E-state index contributed by atoms with van der Waals surface area (Å²) in [5.41, 5.74) is 10.2. The maximum atomic E-state index is 6.26. The number of hydrogen-bond acceptors (Lipinski definition) is 5. The van der Waals surface area contributed by atoms with E-state index in [4.69, 9.17) is 10.7 Å². The van der Waals surface area contributed by atoms with Gasteiger partial charge >= 0.3 is 0 Å². The van der Waals surface area contributed by atoms with Crippen LogP contribution in [0.3, 0.4) is 0 Å². The van der Waals surface area contributed by atoms with Gasteiger partial charge in [0, 0.05) is 42.0 Å². The van der Waals surface area contributed by atoms with Gasteiger partial charge in [0.1, 0.15) is 5.82 Å². The third kappa shape index (κ3) is 3.00. The normalized spacial score (nSPS) is 21.0. The van der Waals surface area contributed by atoms with Crippen molar-refractivity contribution in [2.45, 2.75) is 31.6 Å². The molecular weight excluding hydrogens is 314 g/mol. The molecule has 0 radical (unpaired) electrons. The van der Waals surface area contributed by atoms with Gasteiger partial charge in [-0.1, -0.05) is 0 Å². The van der Waals surface area contributed by atoms with Gasteiger partial charge in [-0.25, -0.2) is 4.98 Å². The maximum Gasteiger partial charge on any atom is 0.165 e. The molecule has 3 heterocycles. The zero-order chi connectivity index (χ0) is 17.4. The monoisotopic (exact) mass is 339 g/mol. The molecule has 0 aromatic carbocycles. The van der Waals surface area contributed by atoms with E-state index in [2.05, 4.69) is 15.5 Å². The first kappa shape index (κ1) is 16.1. The molecule has 1 aliphatic carbocycles. The van der Waals surface area contributed by atoms with Gasteiger partial charge in [0.15, 0.2) is 5.65 Å². The van der Waals surface area contributed by atoms with Crippen molar-refractivity contribution >= 4 is 11.5 Å². The quantitative estimate of drug-likeness (QED) is 0.761. The summed E-state index contributed by atoms with van der Waals surface area (Å²) in [6.07, 6.45) is 10.5. The van der Waals surface area contributed by atoms with Crippen molar-refractivity contribution in [2.75, 3.05) is 19.3 Å².